The number of aliphatic carboxylic acids is 1. The lowest BCUT2D eigenvalue weighted by molar-refractivity contribution is -0.138. The molecule has 0 bridgehead atoms. The van der Waals surface area contributed by atoms with Crippen LogP contribution in [0, 0.1) is 5.92 Å². The number of fused-ring (bicyclic) bond motifs is 2. The smallest absolute Gasteiger partial charge is 0.327 e. The number of piperidine rings is 1. The molecule has 1 amide bonds. The first-order valence-corrected chi connectivity index (χ1v) is 13.6. The summed E-state index contributed by atoms with van der Waals surface area (Å²) in [5, 5.41) is 20.0. The van der Waals surface area contributed by atoms with Crippen molar-refractivity contribution in [3.8, 4) is 0 Å². The van der Waals surface area contributed by atoms with Gasteiger partial charge in [0.15, 0.2) is 0 Å². The summed E-state index contributed by atoms with van der Waals surface area (Å²) in [6, 6.07) is 12.7. The molecule has 2 atom stereocenters. The molecule has 1 aromatic carbocycles. The standard InChI is InChI=1S/C29H36N6O3/c36-28(32-18-26(29(37)38)34-25-13-15-30-24-10-2-1-9-23(24)25)21-7-4-16-35(19-21)17-5-8-22-12-11-20-6-3-14-31-27(20)33-22/h1-2,9-13,15,21,26H,3-8,14,16-19H2,(H,30,34)(H,31,33)(H,32,36)(H,37,38)/t21-,26?/m1/s1. The zero-order chi connectivity index (χ0) is 26.3. The number of hydrogen-bond donors (Lipinski definition) is 4. The summed E-state index contributed by atoms with van der Waals surface area (Å²) in [4.78, 5) is 36.4. The van der Waals surface area contributed by atoms with Crippen molar-refractivity contribution in [2.24, 2.45) is 5.92 Å². The molecule has 1 saturated heterocycles. The van der Waals surface area contributed by atoms with Gasteiger partial charge in [-0.25, -0.2) is 9.78 Å². The first kappa shape index (κ1) is 25.9. The molecular formula is C29H36N6O3. The quantitative estimate of drug-likeness (QED) is 0.324. The van der Waals surface area contributed by atoms with E-state index in [1.54, 1.807) is 12.3 Å². The number of anilines is 2. The van der Waals surface area contributed by atoms with Gasteiger partial charge in [-0.1, -0.05) is 24.3 Å². The number of para-hydroxylation sites is 1. The zero-order valence-corrected chi connectivity index (χ0v) is 21.7. The Morgan fingerprint density at radius 1 is 1.16 bits per heavy atom. The van der Waals surface area contributed by atoms with Crippen LogP contribution in [0.4, 0.5) is 11.5 Å². The number of aryl methyl sites for hydroxylation is 2. The van der Waals surface area contributed by atoms with Gasteiger partial charge in [-0.2, -0.15) is 0 Å². The number of rotatable bonds is 10. The predicted octanol–water partition coefficient (Wildman–Crippen LogP) is 3.31. The Balaban J connectivity index is 1.10. The minimum atomic E-state index is -1.01. The normalized spacial score (nSPS) is 18.3. The van der Waals surface area contributed by atoms with Gasteiger partial charge < -0.3 is 26.0 Å². The minimum absolute atomic E-state index is 0.0132. The summed E-state index contributed by atoms with van der Waals surface area (Å²) < 4.78 is 0. The number of carboxylic acid groups (broad SMARTS) is 1. The third-order valence-electron chi connectivity index (χ3n) is 7.49. The molecule has 9 heteroatoms. The van der Waals surface area contributed by atoms with Gasteiger partial charge >= 0.3 is 5.97 Å². The van der Waals surface area contributed by atoms with Crippen LogP contribution >= 0.6 is 0 Å². The molecule has 4 N–H and O–H groups in total. The van der Waals surface area contributed by atoms with E-state index in [0.29, 0.717) is 12.2 Å². The lowest BCUT2D eigenvalue weighted by Gasteiger charge is -2.32. The van der Waals surface area contributed by atoms with E-state index in [4.69, 9.17) is 4.98 Å². The molecule has 2 aliphatic rings. The van der Waals surface area contributed by atoms with Gasteiger partial charge in [-0.05, 0) is 75.4 Å². The van der Waals surface area contributed by atoms with Gasteiger partial charge in [-0.15, -0.1) is 0 Å². The highest BCUT2D eigenvalue weighted by Gasteiger charge is 2.27. The Morgan fingerprint density at radius 2 is 2.05 bits per heavy atom. The minimum Gasteiger partial charge on any atom is -0.480 e. The van der Waals surface area contributed by atoms with E-state index in [-0.39, 0.29) is 18.4 Å². The number of aromatic nitrogens is 2. The van der Waals surface area contributed by atoms with Crippen molar-refractivity contribution in [2.45, 2.75) is 44.6 Å². The van der Waals surface area contributed by atoms with Gasteiger partial charge in [0, 0.05) is 42.6 Å². The van der Waals surface area contributed by atoms with Crippen molar-refractivity contribution in [2.75, 3.05) is 43.4 Å². The number of benzene rings is 1. The van der Waals surface area contributed by atoms with Crippen molar-refractivity contribution >= 4 is 34.3 Å². The second kappa shape index (κ2) is 12.2. The molecular weight excluding hydrogens is 480 g/mol. The largest absolute Gasteiger partial charge is 0.480 e. The highest BCUT2D eigenvalue weighted by Crippen LogP contribution is 2.23. The Kier molecular flexibility index (Phi) is 8.33. The maximum atomic E-state index is 13.0. The molecule has 38 heavy (non-hydrogen) atoms. The number of carbonyl (C=O) groups is 2. The van der Waals surface area contributed by atoms with Gasteiger partial charge in [0.25, 0.3) is 0 Å². The average molecular weight is 517 g/mol. The summed E-state index contributed by atoms with van der Waals surface area (Å²) in [5.74, 6) is -0.187. The Bertz CT molecular complexity index is 1280. The van der Waals surface area contributed by atoms with E-state index in [9.17, 15) is 14.7 Å². The van der Waals surface area contributed by atoms with Crippen LogP contribution in [0.1, 0.15) is 36.9 Å². The molecule has 0 radical (unpaired) electrons. The summed E-state index contributed by atoms with van der Waals surface area (Å²) in [6.45, 7) is 3.61. The number of likely N-dealkylation sites (tertiary alicyclic amines) is 1. The van der Waals surface area contributed by atoms with Crippen molar-refractivity contribution in [3.63, 3.8) is 0 Å². The van der Waals surface area contributed by atoms with E-state index < -0.39 is 12.0 Å². The van der Waals surface area contributed by atoms with Gasteiger partial charge in [0.2, 0.25) is 5.91 Å². The fraction of sp³-hybridized carbons (Fsp3) is 0.448. The lowest BCUT2D eigenvalue weighted by Crippen LogP contribution is -2.47. The molecule has 0 spiro atoms. The van der Waals surface area contributed by atoms with Crippen molar-refractivity contribution in [3.05, 3.63) is 59.9 Å². The molecule has 4 heterocycles. The van der Waals surface area contributed by atoms with E-state index in [0.717, 1.165) is 80.6 Å². The van der Waals surface area contributed by atoms with E-state index in [2.05, 4.69) is 38.0 Å². The molecule has 3 aromatic rings. The van der Waals surface area contributed by atoms with Crippen LogP contribution in [0.15, 0.2) is 48.7 Å². The van der Waals surface area contributed by atoms with Gasteiger partial charge in [0.05, 0.1) is 11.4 Å². The molecule has 2 aliphatic heterocycles. The molecule has 0 saturated carbocycles. The van der Waals surface area contributed by atoms with Crippen LogP contribution in [0.5, 0.6) is 0 Å². The second-order valence-corrected chi connectivity index (χ2v) is 10.2. The number of nitrogens with one attached hydrogen (secondary N) is 3. The van der Waals surface area contributed by atoms with Crippen molar-refractivity contribution in [1.29, 1.82) is 0 Å². The van der Waals surface area contributed by atoms with Crippen LogP contribution < -0.4 is 16.0 Å². The van der Waals surface area contributed by atoms with Gasteiger partial charge in [0.1, 0.15) is 11.9 Å². The van der Waals surface area contributed by atoms with E-state index in [1.807, 2.05) is 24.3 Å². The zero-order valence-electron chi connectivity index (χ0n) is 21.7. The lowest BCUT2D eigenvalue weighted by atomic mass is 9.96. The number of pyridine rings is 2. The summed E-state index contributed by atoms with van der Waals surface area (Å²) in [6.07, 6.45) is 7.59. The van der Waals surface area contributed by atoms with Crippen LogP contribution in [0.2, 0.25) is 0 Å². The highest BCUT2D eigenvalue weighted by molar-refractivity contribution is 5.93. The van der Waals surface area contributed by atoms with E-state index in [1.165, 1.54) is 5.56 Å². The SMILES string of the molecule is O=C(O)C(CNC(=O)[C@@H]1CCCN(CCCc2ccc3c(n2)NCCC3)C1)Nc1ccnc2ccccc12. The topological polar surface area (TPSA) is 119 Å². The predicted molar refractivity (Wildman–Crippen MR) is 148 cm³/mol. The molecule has 2 aromatic heterocycles. The maximum Gasteiger partial charge on any atom is 0.327 e. The Hall–Kier alpha value is -3.72. The number of carboxylic acids is 1. The number of nitrogens with zero attached hydrogens (tertiary/aromatic N) is 3. The first-order chi connectivity index (χ1) is 18.6. The fourth-order valence-corrected chi connectivity index (χ4v) is 5.42. The second-order valence-electron chi connectivity index (χ2n) is 10.2. The molecule has 1 fully saturated rings. The van der Waals surface area contributed by atoms with Gasteiger partial charge in [-0.3, -0.25) is 9.78 Å². The molecule has 200 valence electrons. The molecule has 1 unspecified atom stereocenters. The Labute approximate surface area is 223 Å². The van der Waals surface area contributed by atoms with Crippen LogP contribution in [0.3, 0.4) is 0 Å². The van der Waals surface area contributed by atoms with Crippen molar-refractivity contribution < 1.29 is 14.7 Å². The fourth-order valence-electron chi connectivity index (χ4n) is 5.42. The van der Waals surface area contributed by atoms with Crippen LogP contribution in [-0.4, -0.2) is 70.6 Å². The van der Waals surface area contributed by atoms with Crippen molar-refractivity contribution in [1.82, 2.24) is 20.2 Å². The third kappa shape index (κ3) is 6.39. The van der Waals surface area contributed by atoms with Crippen LogP contribution in [0.25, 0.3) is 10.9 Å². The number of carbonyl (C=O) groups excluding carboxylic acids is 1. The summed E-state index contributed by atoms with van der Waals surface area (Å²) >= 11 is 0. The highest BCUT2D eigenvalue weighted by atomic mass is 16.4. The molecule has 0 aliphatic carbocycles. The summed E-state index contributed by atoms with van der Waals surface area (Å²) in [5.41, 5.74) is 3.88. The third-order valence-corrected chi connectivity index (χ3v) is 7.49. The molecule has 5 rings (SSSR count). The summed E-state index contributed by atoms with van der Waals surface area (Å²) in [7, 11) is 0. The number of amides is 1. The Morgan fingerprint density at radius 3 is 2.95 bits per heavy atom. The first-order valence-electron chi connectivity index (χ1n) is 13.6. The van der Waals surface area contributed by atoms with Crippen LogP contribution in [-0.2, 0) is 22.4 Å². The monoisotopic (exact) mass is 516 g/mol. The average Bonchev–Trinajstić information content (AvgIpc) is 2.95. The van der Waals surface area contributed by atoms with E-state index >= 15 is 0 Å². The molecule has 9 nitrogen and oxygen atoms in total. The number of hydrogen-bond acceptors (Lipinski definition) is 7. The maximum absolute atomic E-state index is 13.0.